The fraction of sp³-hybridized carbons (Fsp3) is 0.615. The lowest BCUT2D eigenvalue weighted by Crippen LogP contribution is -2.30. The number of esters is 1. The molecule has 2 aliphatic carbocycles. The average Bonchev–Trinajstić information content (AvgIpc) is 2.32. The largest absolute Gasteiger partial charge is 0.464 e. The van der Waals surface area contributed by atoms with Crippen LogP contribution in [0.25, 0.3) is 0 Å². The highest BCUT2D eigenvalue weighted by atomic mass is 16.5. The van der Waals surface area contributed by atoms with Crippen LogP contribution in [0.3, 0.4) is 0 Å². The molecule has 1 saturated carbocycles. The standard InChI is InChI=1S/C13H16O4/c1-13(2,3)12(16)17-6-9-7-4-5-8(7)10(14)11(9)15/h4-5,7-9H,6H2,1-3H3/t7-,8+,9+/m0/s1. The van der Waals surface area contributed by atoms with E-state index < -0.39 is 17.1 Å². The van der Waals surface area contributed by atoms with Gasteiger partial charge in [0.05, 0.1) is 17.3 Å². The van der Waals surface area contributed by atoms with Gasteiger partial charge in [-0.05, 0) is 20.8 Å². The van der Waals surface area contributed by atoms with Crippen LogP contribution in [0.4, 0.5) is 0 Å². The minimum atomic E-state index is -0.583. The molecule has 0 amide bonds. The Bertz CT molecular complexity index is 414. The number of carbonyl (C=O) groups excluding carboxylic acids is 3. The fourth-order valence-corrected chi connectivity index (χ4v) is 2.09. The van der Waals surface area contributed by atoms with Crippen molar-refractivity contribution in [3.05, 3.63) is 12.2 Å². The lowest BCUT2D eigenvalue weighted by molar-refractivity contribution is -0.155. The van der Waals surface area contributed by atoms with Gasteiger partial charge in [-0.15, -0.1) is 0 Å². The normalized spacial score (nSPS) is 31.1. The van der Waals surface area contributed by atoms with Crippen LogP contribution in [0, 0.1) is 23.2 Å². The Balaban J connectivity index is 1.97. The second-order valence-corrected chi connectivity index (χ2v) is 5.67. The Labute approximate surface area is 100 Å². The van der Waals surface area contributed by atoms with E-state index in [1.54, 1.807) is 26.8 Å². The zero-order chi connectivity index (χ0) is 12.8. The molecule has 2 aliphatic rings. The summed E-state index contributed by atoms with van der Waals surface area (Å²) in [5.41, 5.74) is -0.583. The topological polar surface area (TPSA) is 60.4 Å². The molecule has 0 aromatic carbocycles. The molecule has 17 heavy (non-hydrogen) atoms. The van der Waals surface area contributed by atoms with Crippen molar-refractivity contribution in [3.63, 3.8) is 0 Å². The molecule has 92 valence electrons. The zero-order valence-electron chi connectivity index (χ0n) is 10.2. The summed E-state index contributed by atoms with van der Waals surface area (Å²) >= 11 is 0. The van der Waals surface area contributed by atoms with Gasteiger partial charge in [0.1, 0.15) is 6.61 Å². The summed E-state index contributed by atoms with van der Waals surface area (Å²) in [7, 11) is 0. The molecule has 0 aliphatic heterocycles. The van der Waals surface area contributed by atoms with Crippen LogP contribution in [0.2, 0.25) is 0 Å². The Morgan fingerprint density at radius 1 is 1.24 bits per heavy atom. The molecule has 0 aromatic rings. The van der Waals surface area contributed by atoms with Gasteiger partial charge in [0.25, 0.3) is 0 Å². The zero-order valence-corrected chi connectivity index (χ0v) is 10.2. The van der Waals surface area contributed by atoms with Gasteiger partial charge in [-0.3, -0.25) is 14.4 Å². The third-order valence-corrected chi connectivity index (χ3v) is 3.31. The van der Waals surface area contributed by atoms with E-state index in [2.05, 4.69) is 0 Å². The number of rotatable bonds is 2. The molecule has 0 N–H and O–H groups in total. The maximum Gasteiger partial charge on any atom is 0.311 e. The molecule has 3 atom stereocenters. The summed E-state index contributed by atoms with van der Waals surface area (Å²) in [6.07, 6.45) is 3.60. The van der Waals surface area contributed by atoms with Crippen molar-refractivity contribution in [3.8, 4) is 0 Å². The van der Waals surface area contributed by atoms with Crippen molar-refractivity contribution in [2.75, 3.05) is 6.61 Å². The minimum absolute atomic E-state index is 0.0200. The lowest BCUT2D eigenvalue weighted by atomic mass is 9.81. The van der Waals surface area contributed by atoms with Crippen molar-refractivity contribution < 1.29 is 19.1 Å². The second kappa shape index (κ2) is 3.79. The summed E-state index contributed by atoms with van der Waals surface area (Å²) in [5, 5.41) is 0. The lowest BCUT2D eigenvalue weighted by Gasteiger charge is -2.24. The average molecular weight is 236 g/mol. The molecule has 0 unspecified atom stereocenters. The molecule has 0 saturated heterocycles. The third kappa shape index (κ3) is 1.92. The third-order valence-electron chi connectivity index (χ3n) is 3.31. The van der Waals surface area contributed by atoms with E-state index in [4.69, 9.17) is 4.74 Å². The van der Waals surface area contributed by atoms with Crippen LogP contribution >= 0.6 is 0 Å². The van der Waals surface area contributed by atoms with E-state index >= 15 is 0 Å². The van der Waals surface area contributed by atoms with Gasteiger partial charge in [0.15, 0.2) is 0 Å². The molecular weight excluding hydrogens is 220 g/mol. The number of hydrogen-bond acceptors (Lipinski definition) is 4. The van der Waals surface area contributed by atoms with E-state index in [0.717, 1.165) is 0 Å². The molecule has 0 spiro atoms. The monoisotopic (exact) mass is 236 g/mol. The number of ketones is 2. The molecule has 2 rings (SSSR count). The first kappa shape index (κ1) is 12.0. The van der Waals surface area contributed by atoms with E-state index in [-0.39, 0.29) is 30.2 Å². The van der Waals surface area contributed by atoms with Crippen molar-refractivity contribution in [1.29, 1.82) is 0 Å². The molecule has 0 aromatic heterocycles. The number of fused-ring (bicyclic) bond motifs is 1. The fourth-order valence-electron chi connectivity index (χ4n) is 2.09. The maximum atomic E-state index is 11.6. The van der Waals surface area contributed by atoms with Crippen molar-refractivity contribution in [1.82, 2.24) is 0 Å². The van der Waals surface area contributed by atoms with Crippen molar-refractivity contribution in [2.45, 2.75) is 20.8 Å². The van der Waals surface area contributed by atoms with E-state index in [9.17, 15) is 14.4 Å². The first-order chi connectivity index (χ1) is 7.82. The first-order valence-corrected chi connectivity index (χ1v) is 5.76. The predicted octanol–water partition coefficient (Wildman–Crippen LogP) is 1.15. The van der Waals surface area contributed by atoms with Crippen LogP contribution in [-0.2, 0) is 19.1 Å². The summed E-state index contributed by atoms with van der Waals surface area (Å²) in [4.78, 5) is 34.7. The van der Waals surface area contributed by atoms with Crippen LogP contribution in [0.5, 0.6) is 0 Å². The summed E-state index contributed by atoms with van der Waals surface area (Å²) in [6.45, 7) is 5.28. The van der Waals surface area contributed by atoms with Crippen LogP contribution in [0.15, 0.2) is 12.2 Å². The van der Waals surface area contributed by atoms with E-state index in [0.29, 0.717) is 0 Å². The van der Waals surface area contributed by atoms with E-state index in [1.807, 2.05) is 6.08 Å². The Morgan fingerprint density at radius 2 is 1.88 bits per heavy atom. The Hall–Kier alpha value is -1.45. The first-order valence-electron chi connectivity index (χ1n) is 5.76. The van der Waals surface area contributed by atoms with Crippen molar-refractivity contribution in [2.24, 2.45) is 23.2 Å². The molecule has 0 radical (unpaired) electrons. The number of ether oxygens (including phenoxy) is 1. The summed E-state index contributed by atoms with van der Waals surface area (Å²) in [5.74, 6) is -1.86. The van der Waals surface area contributed by atoms with Gasteiger partial charge < -0.3 is 4.74 Å². The molecule has 0 heterocycles. The number of allylic oxidation sites excluding steroid dienone is 2. The highest BCUT2D eigenvalue weighted by Gasteiger charge is 2.51. The van der Waals surface area contributed by atoms with Crippen molar-refractivity contribution >= 4 is 17.5 Å². The number of carbonyl (C=O) groups is 3. The van der Waals surface area contributed by atoms with Gasteiger partial charge in [-0.2, -0.15) is 0 Å². The highest BCUT2D eigenvalue weighted by molar-refractivity contribution is 6.42. The van der Waals surface area contributed by atoms with Gasteiger partial charge in [-0.1, -0.05) is 12.2 Å². The molecule has 4 heteroatoms. The Morgan fingerprint density at radius 3 is 2.29 bits per heavy atom. The molecule has 0 bridgehead atoms. The van der Waals surface area contributed by atoms with Gasteiger partial charge in [0, 0.05) is 5.92 Å². The van der Waals surface area contributed by atoms with Gasteiger partial charge in [0.2, 0.25) is 11.6 Å². The summed E-state index contributed by atoms with van der Waals surface area (Å²) in [6, 6.07) is 0. The van der Waals surface area contributed by atoms with E-state index in [1.165, 1.54) is 0 Å². The highest BCUT2D eigenvalue weighted by Crippen LogP contribution is 2.40. The number of hydrogen-bond donors (Lipinski definition) is 0. The van der Waals surface area contributed by atoms with Crippen LogP contribution in [-0.4, -0.2) is 24.1 Å². The minimum Gasteiger partial charge on any atom is -0.464 e. The SMILES string of the molecule is CC(C)(C)C(=O)OC[C@H]1C(=O)C(=O)[C@@H]2C=C[C@@H]21. The van der Waals surface area contributed by atoms with Crippen LogP contribution < -0.4 is 0 Å². The molecular formula is C13H16O4. The maximum absolute atomic E-state index is 11.6. The predicted molar refractivity (Wildman–Crippen MR) is 60.0 cm³/mol. The van der Waals surface area contributed by atoms with Gasteiger partial charge in [-0.25, -0.2) is 0 Å². The molecule has 1 fully saturated rings. The smallest absolute Gasteiger partial charge is 0.311 e. The van der Waals surface area contributed by atoms with Crippen LogP contribution in [0.1, 0.15) is 20.8 Å². The number of Topliss-reactive ketones (excluding diaryl/α,β-unsaturated/α-hetero) is 2. The summed E-state index contributed by atoms with van der Waals surface area (Å²) < 4.78 is 5.12. The van der Waals surface area contributed by atoms with Gasteiger partial charge >= 0.3 is 5.97 Å². The second-order valence-electron chi connectivity index (χ2n) is 5.67. The quantitative estimate of drug-likeness (QED) is 0.410. The Kier molecular flexibility index (Phi) is 2.68. The molecule has 4 nitrogen and oxygen atoms in total.